The molecule has 20 heavy (non-hydrogen) atoms. The molecule has 0 radical (unpaired) electrons. The molecule has 0 aliphatic carbocycles. The number of aromatic nitrogens is 3. The smallest absolute Gasteiger partial charge is 0.248 e. The van der Waals surface area contributed by atoms with E-state index in [0.717, 1.165) is 5.56 Å². The molecule has 0 aliphatic heterocycles. The molecule has 0 fully saturated rings. The normalized spacial score (nSPS) is 11.7. The van der Waals surface area contributed by atoms with Crippen LogP contribution in [0.4, 0.5) is 5.95 Å². The summed E-state index contributed by atoms with van der Waals surface area (Å²) in [6.07, 6.45) is 2.00. The third-order valence-corrected chi connectivity index (χ3v) is 3.93. The zero-order valence-corrected chi connectivity index (χ0v) is 13.3. The molecule has 2 rings (SSSR count). The van der Waals surface area contributed by atoms with Crippen LogP contribution in [0.1, 0.15) is 36.1 Å². The first-order chi connectivity index (χ1) is 9.25. The van der Waals surface area contributed by atoms with Crippen LogP contribution in [0.15, 0.2) is 12.4 Å². The molecule has 1 N–H and O–H groups in total. The monoisotopic (exact) mass is 292 g/mol. The van der Waals surface area contributed by atoms with Gasteiger partial charge in [0, 0.05) is 9.75 Å². The van der Waals surface area contributed by atoms with Gasteiger partial charge >= 0.3 is 0 Å². The predicted octanol–water partition coefficient (Wildman–Crippen LogP) is 2.89. The van der Waals surface area contributed by atoms with Gasteiger partial charge in [0.25, 0.3) is 0 Å². The van der Waals surface area contributed by atoms with Crippen molar-refractivity contribution >= 4 is 23.2 Å². The molecule has 0 aromatic carbocycles. The second-order valence-electron chi connectivity index (χ2n) is 5.85. The van der Waals surface area contributed by atoms with Gasteiger partial charge in [-0.25, -0.2) is 9.67 Å². The number of nitrogens with zero attached hydrogens (tertiary/aromatic N) is 3. The van der Waals surface area contributed by atoms with Crippen LogP contribution in [0.5, 0.6) is 0 Å². The van der Waals surface area contributed by atoms with Gasteiger partial charge in [-0.3, -0.25) is 10.1 Å². The largest absolute Gasteiger partial charge is 0.293 e. The van der Waals surface area contributed by atoms with Crippen LogP contribution in [0.3, 0.4) is 0 Å². The first-order valence-electron chi connectivity index (χ1n) is 6.53. The van der Waals surface area contributed by atoms with Crippen molar-refractivity contribution in [2.45, 2.75) is 46.6 Å². The van der Waals surface area contributed by atoms with E-state index >= 15 is 0 Å². The molecular weight excluding hydrogens is 272 g/mol. The Morgan fingerprint density at radius 1 is 1.40 bits per heavy atom. The van der Waals surface area contributed by atoms with E-state index in [9.17, 15) is 4.79 Å². The number of nitrogens with one attached hydrogen (secondary N) is 1. The summed E-state index contributed by atoms with van der Waals surface area (Å²) in [5.74, 6) is 0.270. The molecule has 0 saturated carbocycles. The van der Waals surface area contributed by atoms with Gasteiger partial charge in [0.1, 0.15) is 6.33 Å². The van der Waals surface area contributed by atoms with Gasteiger partial charge in [-0.05, 0) is 46.2 Å². The van der Waals surface area contributed by atoms with Crippen LogP contribution >= 0.6 is 11.3 Å². The summed E-state index contributed by atoms with van der Waals surface area (Å²) in [5, 5.41) is 7.01. The molecule has 2 aromatic rings. The van der Waals surface area contributed by atoms with Gasteiger partial charge in [-0.2, -0.15) is 0 Å². The lowest BCUT2D eigenvalue weighted by Gasteiger charge is -2.17. The minimum absolute atomic E-state index is 0.0856. The van der Waals surface area contributed by atoms with Crippen molar-refractivity contribution in [1.82, 2.24) is 14.8 Å². The molecule has 0 unspecified atom stereocenters. The van der Waals surface area contributed by atoms with Gasteiger partial charge in [0.15, 0.2) is 0 Å². The van der Waals surface area contributed by atoms with Gasteiger partial charge in [0.2, 0.25) is 11.9 Å². The highest BCUT2D eigenvalue weighted by Crippen LogP contribution is 2.21. The Morgan fingerprint density at radius 3 is 2.60 bits per heavy atom. The summed E-state index contributed by atoms with van der Waals surface area (Å²) in [5.41, 5.74) is 0.928. The second-order valence-corrected chi connectivity index (χ2v) is 7.31. The zero-order chi connectivity index (χ0) is 14.9. The number of rotatable bonds is 3. The van der Waals surface area contributed by atoms with Crippen LogP contribution < -0.4 is 5.32 Å². The second kappa shape index (κ2) is 5.36. The van der Waals surface area contributed by atoms with Crippen molar-refractivity contribution in [3.05, 3.63) is 27.7 Å². The van der Waals surface area contributed by atoms with Gasteiger partial charge in [-0.15, -0.1) is 16.4 Å². The van der Waals surface area contributed by atoms with Crippen molar-refractivity contribution in [2.75, 3.05) is 5.32 Å². The Hall–Kier alpha value is -1.69. The van der Waals surface area contributed by atoms with E-state index < -0.39 is 0 Å². The zero-order valence-electron chi connectivity index (χ0n) is 12.5. The minimum atomic E-state index is -0.142. The quantitative estimate of drug-likeness (QED) is 0.946. The van der Waals surface area contributed by atoms with Crippen LogP contribution in [0.2, 0.25) is 0 Å². The van der Waals surface area contributed by atoms with Gasteiger partial charge in [-0.1, -0.05) is 0 Å². The molecule has 2 aromatic heterocycles. The molecule has 6 heteroatoms. The summed E-state index contributed by atoms with van der Waals surface area (Å²) in [6, 6.07) is 2.06. The molecule has 108 valence electrons. The Morgan fingerprint density at radius 2 is 2.10 bits per heavy atom. The SMILES string of the molecule is Cc1cc(CC(=O)Nc2ncn(C(C)(C)C)n2)c(C)s1. The minimum Gasteiger partial charge on any atom is -0.293 e. The van der Waals surface area contributed by atoms with E-state index in [1.54, 1.807) is 22.3 Å². The molecule has 0 atom stereocenters. The maximum absolute atomic E-state index is 12.0. The molecule has 0 aliphatic rings. The molecule has 1 amide bonds. The summed E-state index contributed by atoms with van der Waals surface area (Å²) in [4.78, 5) is 18.5. The third kappa shape index (κ3) is 3.45. The fourth-order valence-electron chi connectivity index (χ4n) is 1.84. The Labute approximate surface area is 123 Å². The van der Waals surface area contributed by atoms with Gasteiger partial charge in [0.05, 0.1) is 12.0 Å². The molecule has 5 nitrogen and oxygen atoms in total. The van der Waals surface area contributed by atoms with Crippen LogP contribution in [-0.4, -0.2) is 20.7 Å². The van der Waals surface area contributed by atoms with Crippen LogP contribution in [0, 0.1) is 13.8 Å². The topological polar surface area (TPSA) is 59.8 Å². The van der Waals surface area contributed by atoms with E-state index in [1.807, 2.05) is 34.6 Å². The highest BCUT2D eigenvalue weighted by Gasteiger charge is 2.16. The number of hydrogen-bond acceptors (Lipinski definition) is 4. The van der Waals surface area contributed by atoms with Crippen molar-refractivity contribution < 1.29 is 4.79 Å². The van der Waals surface area contributed by atoms with Crippen molar-refractivity contribution in [3.8, 4) is 0 Å². The van der Waals surface area contributed by atoms with E-state index in [0.29, 0.717) is 12.4 Å². The maximum atomic E-state index is 12.0. The lowest BCUT2D eigenvalue weighted by atomic mass is 10.1. The first kappa shape index (κ1) is 14.7. The molecule has 0 bridgehead atoms. The van der Waals surface area contributed by atoms with E-state index in [4.69, 9.17) is 0 Å². The highest BCUT2D eigenvalue weighted by molar-refractivity contribution is 7.12. The van der Waals surface area contributed by atoms with Crippen LogP contribution in [-0.2, 0) is 16.8 Å². The first-order valence-corrected chi connectivity index (χ1v) is 7.35. The van der Waals surface area contributed by atoms with Crippen molar-refractivity contribution in [3.63, 3.8) is 0 Å². The lowest BCUT2D eigenvalue weighted by molar-refractivity contribution is -0.115. The number of aryl methyl sites for hydroxylation is 2. The summed E-state index contributed by atoms with van der Waals surface area (Å²) in [7, 11) is 0. The highest BCUT2D eigenvalue weighted by atomic mass is 32.1. The van der Waals surface area contributed by atoms with Crippen LogP contribution in [0.25, 0.3) is 0 Å². The lowest BCUT2D eigenvalue weighted by Crippen LogP contribution is -2.23. The molecule has 0 spiro atoms. The van der Waals surface area contributed by atoms with E-state index in [2.05, 4.69) is 21.5 Å². The molecule has 0 saturated heterocycles. The Kier molecular flexibility index (Phi) is 3.94. The Bertz CT molecular complexity index is 621. The maximum Gasteiger partial charge on any atom is 0.248 e. The van der Waals surface area contributed by atoms with Gasteiger partial charge < -0.3 is 0 Å². The fraction of sp³-hybridized carbons (Fsp3) is 0.500. The summed E-state index contributed by atoms with van der Waals surface area (Å²) >= 11 is 1.71. The van der Waals surface area contributed by atoms with Crippen molar-refractivity contribution in [1.29, 1.82) is 0 Å². The fourth-order valence-corrected chi connectivity index (χ4v) is 2.79. The number of amides is 1. The predicted molar refractivity (Wildman–Crippen MR) is 81.1 cm³/mol. The molecule has 2 heterocycles. The number of anilines is 1. The Balaban J connectivity index is 2.01. The number of hydrogen-bond donors (Lipinski definition) is 1. The third-order valence-electron chi connectivity index (χ3n) is 2.93. The standard InChI is InChI=1S/C14H20N4OS/c1-9-6-11(10(2)20-9)7-12(19)16-13-15-8-18(17-13)14(3,4)5/h6,8H,7H2,1-5H3,(H,16,17,19). The average molecular weight is 292 g/mol. The summed E-state index contributed by atoms with van der Waals surface area (Å²) < 4.78 is 1.74. The number of carbonyl (C=O) groups excluding carboxylic acids is 1. The average Bonchev–Trinajstić information content (AvgIpc) is 2.86. The number of thiophene rings is 1. The van der Waals surface area contributed by atoms with E-state index in [-0.39, 0.29) is 11.4 Å². The van der Waals surface area contributed by atoms with E-state index in [1.165, 1.54) is 9.75 Å². The van der Waals surface area contributed by atoms with Crippen molar-refractivity contribution in [2.24, 2.45) is 0 Å². The molecular formula is C14H20N4OS. The number of carbonyl (C=O) groups is 1. The summed E-state index contributed by atoms with van der Waals surface area (Å²) in [6.45, 7) is 10.2.